The second-order valence-corrected chi connectivity index (χ2v) is 4.64. The van der Waals surface area contributed by atoms with Gasteiger partial charge in [-0.25, -0.2) is 0 Å². The number of halogens is 1. The van der Waals surface area contributed by atoms with E-state index in [1.165, 1.54) is 5.56 Å². The zero-order valence-electron chi connectivity index (χ0n) is 9.61. The lowest BCUT2D eigenvalue weighted by Crippen LogP contribution is -1.88. The number of anilines is 1. The van der Waals surface area contributed by atoms with Crippen molar-refractivity contribution in [3.63, 3.8) is 0 Å². The molecule has 2 N–H and O–H groups in total. The molecular formula is C14H14BrNO. The number of aryl methyl sites for hydroxylation is 1. The molecule has 0 heterocycles. The van der Waals surface area contributed by atoms with Gasteiger partial charge in [0.1, 0.15) is 11.5 Å². The average molecular weight is 292 g/mol. The maximum Gasteiger partial charge on any atom is 0.141 e. The van der Waals surface area contributed by atoms with Gasteiger partial charge in [-0.05, 0) is 64.3 Å². The molecule has 0 aromatic heterocycles. The zero-order chi connectivity index (χ0) is 12.3. The van der Waals surface area contributed by atoms with Gasteiger partial charge in [0.2, 0.25) is 0 Å². The van der Waals surface area contributed by atoms with Crippen molar-refractivity contribution in [1.82, 2.24) is 0 Å². The monoisotopic (exact) mass is 291 g/mol. The number of benzene rings is 2. The van der Waals surface area contributed by atoms with Crippen LogP contribution in [-0.2, 0) is 6.42 Å². The molecule has 0 saturated heterocycles. The van der Waals surface area contributed by atoms with E-state index in [-0.39, 0.29) is 0 Å². The summed E-state index contributed by atoms with van der Waals surface area (Å²) >= 11 is 3.51. The Labute approximate surface area is 110 Å². The van der Waals surface area contributed by atoms with Crippen LogP contribution in [0.3, 0.4) is 0 Å². The van der Waals surface area contributed by atoms with Crippen LogP contribution in [0.1, 0.15) is 12.5 Å². The number of nitrogen functional groups attached to an aromatic ring is 1. The van der Waals surface area contributed by atoms with Crippen LogP contribution in [-0.4, -0.2) is 0 Å². The van der Waals surface area contributed by atoms with E-state index in [1.807, 2.05) is 30.3 Å². The van der Waals surface area contributed by atoms with Crippen molar-refractivity contribution in [1.29, 1.82) is 0 Å². The minimum Gasteiger partial charge on any atom is -0.456 e. The highest BCUT2D eigenvalue weighted by Gasteiger charge is 2.03. The smallest absolute Gasteiger partial charge is 0.141 e. The van der Waals surface area contributed by atoms with Gasteiger partial charge in [-0.1, -0.05) is 13.0 Å². The summed E-state index contributed by atoms with van der Waals surface area (Å²) in [5.41, 5.74) is 7.64. The fraction of sp³-hybridized carbons (Fsp3) is 0.143. The molecule has 0 unspecified atom stereocenters. The summed E-state index contributed by atoms with van der Waals surface area (Å²) in [6, 6.07) is 13.5. The van der Waals surface area contributed by atoms with Gasteiger partial charge in [0.05, 0.1) is 4.47 Å². The second kappa shape index (κ2) is 5.23. The highest BCUT2D eigenvalue weighted by molar-refractivity contribution is 9.10. The Morgan fingerprint density at radius 3 is 2.41 bits per heavy atom. The van der Waals surface area contributed by atoms with E-state index in [0.717, 1.165) is 28.1 Å². The Bertz CT molecular complexity index is 508. The maximum absolute atomic E-state index is 5.76. The topological polar surface area (TPSA) is 35.2 Å². The summed E-state index contributed by atoms with van der Waals surface area (Å²) in [6.07, 6.45) is 1.01. The Morgan fingerprint density at radius 2 is 1.82 bits per heavy atom. The van der Waals surface area contributed by atoms with Crippen LogP contribution in [0.15, 0.2) is 46.9 Å². The van der Waals surface area contributed by atoms with E-state index in [9.17, 15) is 0 Å². The molecule has 2 rings (SSSR count). The fourth-order valence-electron chi connectivity index (χ4n) is 1.51. The standard InChI is InChI=1S/C14H14BrNO/c1-2-10-3-8-14(13(15)9-10)17-12-6-4-11(16)5-7-12/h3-9H,2,16H2,1H3. The summed E-state index contributed by atoms with van der Waals surface area (Å²) in [4.78, 5) is 0. The molecule has 0 fully saturated rings. The van der Waals surface area contributed by atoms with Crippen LogP contribution < -0.4 is 10.5 Å². The lowest BCUT2D eigenvalue weighted by molar-refractivity contribution is 0.479. The minimum absolute atomic E-state index is 0.734. The Kier molecular flexibility index (Phi) is 3.69. The molecule has 0 bridgehead atoms. The van der Waals surface area contributed by atoms with Crippen LogP contribution >= 0.6 is 15.9 Å². The molecular weight excluding hydrogens is 278 g/mol. The van der Waals surface area contributed by atoms with Gasteiger partial charge in [-0.15, -0.1) is 0 Å². The highest BCUT2D eigenvalue weighted by atomic mass is 79.9. The lowest BCUT2D eigenvalue weighted by atomic mass is 10.2. The van der Waals surface area contributed by atoms with E-state index in [2.05, 4.69) is 35.0 Å². The third kappa shape index (κ3) is 3.01. The molecule has 17 heavy (non-hydrogen) atoms. The molecule has 0 saturated carbocycles. The molecule has 0 aliphatic heterocycles. The van der Waals surface area contributed by atoms with Crippen molar-refractivity contribution >= 4 is 21.6 Å². The summed E-state index contributed by atoms with van der Waals surface area (Å²) in [5, 5.41) is 0. The van der Waals surface area contributed by atoms with Gasteiger partial charge in [-0.2, -0.15) is 0 Å². The van der Waals surface area contributed by atoms with Crippen molar-refractivity contribution in [3.05, 3.63) is 52.5 Å². The molecule has 0 atom stereocenters. The van der Waals surface area contributed by atoms with Crippen LogP contribution in [0.25, 0.3) is 0 Å². The van der Waals surface area contributed by atoms with Crippen LogP contribution in [0.5, 0.6) is 11.5 Å². The molecule has 3 heteroatoms. The van der Waals surface area contributed by atoms with Gasteiger partial charge in [0, 0.05) is 5.69 Å². The predicted molar refractivity (Wildman–Crippen MR) is 74.4 cm³/mol. The van der Waals surface area contributed by atoms with Gasteiger partial charge in [0.25, 0.3) is 0 Å². The molecule has 0 aliphatic rings. The van der Waals surface area contributed by atoms with E-state index < -0.39 is 0 Å². The molecule has 2 nitrogen and oxygen atoms in total. The van der Waals surface area contributed by atoms with Crippen molar-refractivity contribution in [3.8, 4) is 11.5 Å². The first-order valence-electron chi connectivity index (χ1n) is 5.51. The van der Waals surface area contributed by atoms with Gasteiger partial charge in [0.15, 0.2) is 0 Å². The first-order valence-corrected chi connectivity index (χ1v) is 6.30. The zero-order valence-corrected chi connectivity index (χ0v) is 11.2. The second-order valence-electron chi connectivity index (χ2n) is 3.79. The van der Waals surface area contributed by atoms with E-state index in [4.69, 9.17) is 10.5 Å². The third-order valence-corrected chi connectivity index (χ3v) is 3.13. The molecule has 0 amide bonds. The first-order chi connectivity index (χ1) is 8.19. The predicted octanol–water partition coefficient (Wildman–Crippen LogP) is 4.39. The van der Waals surface area contributed by atoms with E-state index >= 15 is 0 Å². The number of rotatable bonds is 3. The van der Waals surface area contributed by atoms with Gasteiger partial charge in [-0.3, -0.25) is 0 Å². The largest absolute Gasteiger partial charge is 0.456 e. The van der Waals surface area contributed by atoms with Crippen molar-refractivity contribution in [2.75, 3.05) is 5.73 Å². The molecule has 0 spiro atoms. The van der Waals surface area contributed by atoms with Crippen molar-refractivity contribution < 1.29 is 4.74 Å². The summed E-state index contributed by atoms with van der Waals surface area (Å²) in [7, 11) is 0. The number of hydrogen-bond donors (Lipinski definition) is 1. The quantitative estimate of drug-likeness (QED) is 0.852. The number of nitrogens with two attached hydrogens (primary N) is 1. The van der Waals surface area contributed by atoms with E-state index in [1.54, 1.807) is 0 Å². The summed E-state index contributed by atoms with van der Waals surface area (Å²) in [5.74, 6) is 1.59. The van der Waals surface area contributed by atoms with E-state index in [0.29, 0.717) is 0 Å². The Balaban J connectivity index is 2.21. The van der Waals surface area contributed by atoms with Crippen molar-refractivity contribution in [2.45, 2.75) is 13.3 Å². The lowest BCUT2D eigenvalue weighted by Gasteiger charge is -2.09. The Hall–Kier alpha value is -1.48. The average Bonchev–Trinajstić information content (AvgIpc) is 2.34. The molecule has 2 aromatic carbocycles. The minimum atomic E-state index is 0.734. The molecule has 2 aromatic rings. The van der Waals surface area contributed by atoms with Crippen LogP contribution in [0.2, 0.25) is 0 Å². The number of ether oxygens (including phenoxy) is 1. The first kappa shape index (κ1) is 12.0. The third-order valence-electron chi connectivity index (χ3n) is 2.51. The summed E-state index contributed by atoms with van der Waals surface area (Å²) in [6.45, 7) is 2.13. The Morgan fingerprint density at radius 1 is 1.12 bits per heavy atom. The molecule has 88 valence electrons. The van der Waals surface area contributed by atoms with Gasteiger partial charge >= 0.3 is 0 Å². The number of hydrogen-bond acceptors (Lipinski definition) is 2. The summed E-state index contributed by atoms with van der Waals surface area (Å²) < 4.78 is 6.73. The van der Waals surface area contributed by atoms with Gasteiger partial charge < -0.3 is 10.5 Å². The maximum atomic E-state index is 5.76. The molecule has 0 radical (unpaired) electrons. The van der Waals surface area contributed by atoms with Crippen LogP contribution in [0, 0.1) is 0 Å². The van der Waals surface area contributed by atoms with Crippen LogP contribution in [0.4, 0.5) is 5.69 Å². The molecule has 0 aliphatic carbocycles. The SMILES string of the molecule is CCc1ccc(Oc2ccc(N)cc2)c(Br)c1. The highest BCUT2D eigenvalue weighted by Crippen LogP contribution is 2.30. The normalized spacial score (nSPS) is 10.2. The van der Waals surface area contributed by atoms with Crippen molar-refractivity contribution in [2.24, 2.45) is 0 Å². The fourth-order valence-corrected chi connectivity index (χ4v) is 2.02.